The Bertz CT molecular complexity index is 1820. The molecule has 0 aliphatic carbocycles. The molecule has 10 nitrogen and oxygen atoms in total. The number of allylic oxidation sites excluding steroid dienone is 1. The Hall–Kier alpha value is -4.09. The summed E-state index contributed by atoms with van der Waals surface area (Å²) in [5, 5.41) is 0.433. The third kappa shape index (κ3) is 7.00. The van der Waals surface area contributed by atoms with Crippen molar-refractivity contribution in [2.45, 2.75) is 52.5 Å². The lowest BCUT2D eigenvalue weighted by atomic mass is 9.93. The first kappa shape index (κ1) is 33.3. The van der Waals surface area contributed by atoms with E-state index in [0.717, 1.165) is 32.4 Å². The molecule has 5 rings (SSSR count). The Morgan fingerprint density at radius 3 is 2.48 bits per heavy atom. The minimum atomic E-state index is -0.865. The summed E-state index contributed by atoms with van der Waals surface area (Å²) in [5.74, 6) is 0.791. The van der Waals surface area contributed by atoms with Crippen LogP contribution in [0, 0.1) is 0 Å². The van der Waals surface area contributed by atoms with Crippen LogP contribution in [0.5, 0.6) is 17.2 Å². The largest absolute Gasteiger partial charge is 0.496 e. The van der Waals surface area contributed by atoms with Crippen molar-refractivity contribution >= 4 is 40.9 Å². The maximum Gasteiger partial charge on any atom is 0.338 e. The Balaban J connectivity index is 1.60. The summed E-state index contributed by atoms with van der Waals surface area (Å²) in [6, 6.07) is 9.58. The molecule has 1 aromatic heterocycles. The molecule has 1 amide bonds. The van der Waals surface area contributed by atoms with Crippen LogP contribution in [0.4, 0.5) is 0 Å². The van der Waals surface area contributed by atoms with E-state index in [9.17, 15) is 14.4 Å². The monoisotopic (exact) mass is 667 g/mol. The summed E-state index contributed by atoms with van der Waals surface area (Å²) in [7, 11) is 1.53. The van der Waals surface area contributed by atoms with Gasteiger partial charge in [0.15, 0.2) is 22.9 Å². The zero-order valence-corrected chi connectivity index (χ0v) is 28.0. The summed E-state index contributed by atoms with van der Waals surface area (Å²) in [5.41, 5.74) is 1.76. The molecule has 2 aliphatic rings. The first-order valence-corrected chi connectivity index (χ1v) is 16.7. The Morgan fingerprint density at radius 1 is 1.02 bits per heavy atom. The fraction of sp³-hybridized carbons (Fsp3) is 0.412. The summed E-state index contributed by atoms with van der Waals surface area (Å²) in [6.07, 6.45) is 5.01. The second kappa shape index (κ2) is 15.0. The molecule has 1 atom stereocenters. The highest BCUT2D eigenvalue weighted by molar-refractivity contribution is 7.07. The molecule has 2 aromatic carbocycles. The Morgan fingerprint density at radius 2 is 1.78 bits per heavy atom. The summed E-state index contributed by atoms with van der Waals surface area (Å²) in [4.78, 5) is 47.3. The maximum atomic E-state index is 14.2. The van der Waals surface area contributed by atoms with E-state index >= 15 is 0 Å². The number of carbonyl (C=O) groups excluding carboxylic acids is 2. The van der Waals surface area contributed by atoms with Crippen molar-refractivity contribution in [3.63, 3.8) is 0 Å². The minimum Gasteiger partial charge on any atom is -0.496 e. The molecule has 0 bridgehead atoms. The average Bonchev–Trinajstić information content (AvgIpc) is 3.69. The third-order valence-corrected chi connectivity index (χ3v) is 8.97. The van der Waals surface area contributed by atoms with Gasteiger partial charge in [0.1, 0.15) is 11.8 Å². The van der Waals surface area contributed by atoms with E-state index in [0.29, 0.717) is 61.5 Å². The third-order valence-electron chi connectivity index (χ3n) is 7.75. The predicted molar refractivity (Wildman–Crippen MR) is 177 cm³/mol. The number of thiazole rings is 1. The van der Waals surface area contributed by atoms with Crippen molar-refractivity contribution in [3.8, 4) is 17.2 Å². The predicted octanol–water partition coefficient (Wildman–Crippen LogP) is 4.64. The van der Waals surface area contributed by atoms with Crippen molar-refractivity contribution in [3.05, 3.63) is 83.5 Å². The molecule has 3 heterocycles. The van der Waals surface area contributed by atoms with Crippen molar-refractivity contribution in [1.29, 1.82) is 0 Å². The van der Waals surface area contributed by atoms with Gasteiger partial charge in [-0.25, -0.2) is 9.79 Å². The maximum absolute atomic E-state index is 14.2. The molecule has 0 unspecified atom stereocenters. The number of hydrogen-bond donors (Lipinski definition) is 0. The molecule has 0 saturated carbocycles. The fourth-order valence-corrected chi connectivity index (χ4v) is 6.89. The summed E-state index contributed by atoms with van der Waals surface area (Å²) in [6.45, 7) is 7.59. The van der Waals surface area contributed by atoms with Gasteiger partial charge in [-0.3, -0.25) is 14.2 Å². The van der Waals surface area contributed by atoms with E-state index in [4.69, 9.17) is 35.5 Å². The number of benzene rings is 2. The van der Waals surface area contributed by atoms with Crippen LogP contribution in [-0.4, -0.2) is 61.4 Å². The normalized spacial score (nSPS) is 16.2. The van der Waals surface area contributed by atoms with E-state index in [2.05, 4.69) is 0 Å². The second-order valence-electron chi connectivity index (χ2n) is 10.8. The Labute approximate surface area is 276 Å². The fourth-order valence-electron chi connectivity index (χ4n) is 5.68. The zero-order valence-electron chi connectivity index (χ0n) is 26.5. The topological polar surface area (TPSA) is 109 Å². The van der Waals surface area contributed by atoms with Gasteiger partial charge in [-0.15, -0.1) is 0 Å². The van der Waals surface area contributed by atoms with Crippen LogP contribution < -0.4 is 29.1 Å². The highest BCUT2D eigenvalue weighted by Gasteiger charge is 2.36. The van der Waals surface area contributed by atoms with Crippen molar-refractivity contribution in [2.75, 3.05) is 40.0 Å². The van der Waals surface area contributed by atoms with Gasteiger partial charge < -0.3 is 23.8 Å². The zero-order chi connectivity index (χ0) is 32.8. The number of carbonyl (C=O) groups is 2. The standard InChI is InChI=1S/C34H38ClN3O7S/c1-5-10-24-30(33(41)44-7-3)31(23-19-22(35)12-14-25(23)42-4)38-32(40)28(46-34(38)36-24)18-21-11-13-26(27(17-21)43-6-2)45-20-29(39)37-15-8-9-16-37/h11-14,17-19,31H,5-10,15-16,20H2,1-4H3/b28-18-/t31-/m0/s1. The second-order valence-corrected chi connectivity index (χ2v) is 12.3. The minimum absolute atomic E-state index is 0.0550. The Kier molecular flexibility index (Phi) is 10.9. The van der Waals surface area contributed by atoms with Crippen LogP contribution in [-0.2, 0) is 14.3 Å². The number of halogens is 1. The lowest BCUT2D eigenvalue weighted by Crippen LogP contribution is -2.40. The molecule has 12 heteroatoms. The van der Waals surface area contributed by atoms with Crippen LogP contribution in [0.3, 0.4) is 0 Å². The van der Waals surface area contributed by atoms with Gasteiger partial charge in [0.05, 0.1) is 36.1 Å². The van der Waals surface area contributed by atoms with Crippen molar-refractivity contribution in [2.24, 2.45) is 4.99 Å². The van der Waals surface area contributed by atoms with Gasteiger partial charge in [0.2, 0.25) is 0 Å². The summed E-state index contributed by atoms with van der Waals surface area (Å²) >= 11 is 7.67. The van der Waals surface area contributed by atoms with Crippen molar-refractivity contribution in [1.82, 2.24) is 9.47 Å². The molecule has 2 aliphatic heterocycles. The SMILES string of the molecule is CCCC1=C(C(=O)OCC)[C@H](c2cc(Cl)ccc2OC)n2c(s/c(=C\c3ccc(OCC(=O)N4CCCC4)c(OCC)c3)c2=O)=N1. The van der Waals surface area contributed by atoms with Crippen molar-refractivity contribution < 1.29 is 28.5 Å². The van der Waals surface area contributed by atoms with E-state index in [1.807, 2.05) is 13.8 Å². The number of likely N-dealkylation sites (tertiary alicyclic amines) is 1. The van der Waals surface area contributed by atoms with Gasteiger partial charge >= 0.3 is 5.97 Å². The number of esters is 1. The number of aromatic nitrogens is 1. The molecule has 3 aromatic rings. The van der Waals surface area contributed by atoms with Crippen LogP contribution >= 0.6 is 22.9 Å². The molecule has 0 spiro atoms. The number of ether oxygens (including phenoxy) is 4. The number of amides is 1. The van der Waals surface area contributed by atoms with E-state index in [1.54, 1.807) is 54.3 Å². The molecular weight excluding hydrogens is 630 g/mol. The first-order chi connectivity index (χ1) is 22.3. The molecule has 1 saturated heterocycles. The molecule has 0 N–H and O–H groups in total. The quantitative estimate of drug-likeness (QED) is 0.259. The van der Waals surface area contributed by atoms with E-state index < -0.39 is 12.0 Å². The number of rotatable bonds is 12. The van der Waals surface area contributed by atoms with Crippen LogP contribution in [0.15, 0.2) is 57.5 Å². The molecular formula is C34H38ClN3O7S. The lowest BCUT2D eigenvalue weighted by molar-refractivity contribution is -0.139. The van der Waals surface area contributed by atoms with Gasteiger partial charge in [0.25, 0.3) is 11.5 Å². The average molecular weight is 668 g/mol. The summed E-state index contributed by atoms with van der Waals surface area (Å²) < 4.78 is 24.8. The highest BCUT2D eigenvalue weighted by Crippen LogP contribution is 2.38. The highest BCUT2D eigenvalue weighted by atomic mass is 35.5. The van der Waals surface area contributed by atoms with E-state index in [-0.39, 0.29) is 30.3 Å². The van der Waals surface area contributed by atoms with Gasteiger partial charge in [0, 0.05) is 23.7 Å². The molecule has 46 heavy (non-hydrogen) atoms. The van der Waals surface area contributed by atoms with Gasteiger partial charge in [-0.05, 0) is 75.1 Å². The van der Waals surface area contributed by atoms with E-state index in [1.165, 1.54) is 23.0 Å². The van der Waals surface area contributed by atoms with Crippen LogP contribution in [0.2, 0.25) is 5.02 Å². The number of fused-ring (bicyclic) bond motifs is 1. The molecule has 1 fully saturated rings. The molecule has 244 valence electrons. The number of nitrogens with zero attached hydrogens (tertiary/aromatic N) is 3. The van der Waals surface area contributed by atoms with Crippen LogP contribution in [0.1, 0.15) is 63.6 Å². The smallest absolute Gasteiger partial charge is 0.338 e. The van der Waals surface area contributed by atoms with Crippen LogP contribution in [0.25, 0.3) is 6.08 Å². The molecule has 0 radical (unpaired) electrons. The lowest BCUT2D eigenvalue weighted by Gasteiger charge is -2.27. The van der Waals surface area contributed by atoms with Gasteiger partial charge in [-0.2, -0.15) is 0 Å². The first-order valence-electron chi connectivity index (χ1n) is 15.5. The van der Waals surface area contributed by atoms with Gasteiger partial charge in [-0.1, -0.05) is 42.3 Å². The number of hydrogen-bond acceptors (Lipinski definition) is 9. The number of methoxy groups -OCH3 is 1.